The molecule has 1 N–H and O–H groups in total. The van der Waals surface area contributed by atoms with Crippen LogP contribution in [0.3, 0.4) is 0 Å². The molecule has 0 saturated carbocycles. The number of nitrogens with zero attached hydrogens (tertiary/aromatic N) is 1. The molecule has 3 aromatic carbocycles. The summed E-state index contributed by atoms with van der Waals surface area (Å²) in [5.41, 5.74) is 6.01. The molecule has 1 aliphatic heterocycles. The molecule has 5 rings (SSSR count). The van der Waals surface area contributed by atoms with Gasteiger partial charge in [-0.15, -0.1) is 0 Å². The second-order valence-corrected chi connectivity index (χ2v) is 7.69. The van der Waals surface area contributed by atoms with Gasteiger partial charge in [-0.05, 0) is 71.5 Å². The first-order valence-corrected chi connectivity index (χ1v) is 10.1. The number of allylic oxidation sites excluding steroid dienone is 2. The molecule has 0 amide bonds. The van der Waals surface area contributed by atoms with Crippen molar-refractivity contribution in [3.8, 4) is 5.75 Å². The number of anilines is 1. The molecule has 2 aliphatic rings. The van der Waals surface area contributed by atoms with Gasteiger partial charge in [0.15, 0.2) is 0 Å². The number of para-hydroxylation sites is 1. The SMILES string of the molecule is COc1ccc(C=Nc2ccc([C@@H]3Nc4ccccc4[C@H]4C=CC[C@@H]43)cc2)cc1. The maximum Gasteiger partial charge on any atom is 0.118 e. The molecule has 144 valence electrons. The van der Waals surface area contributed by atoms with Crippen LogP contribution >= 0.6 is 0 Å². The summed E-state index contributed by atoms with van der Waals surface area (Å²) >= 11 is 0. The van der Waals surface area contributed by atoms with Gasteiger partial charge in [-0.3, -0.25) is 4.99 Å². The van der Waals surface area contributed by atoms with Crippen LogP contribution in [0, 0.1) is 5.92 Å². The van der Waals surface area contributed by atoms with Crippen LogP contribution < -0.4 is 10.1 Å². The normalized spacial score (nSPS) is 22.2. The quantitative estimate of drug-likeness (QED) is 0.427. The number of ether oxygens (including phenoxy) is 1. The van der Waals surface area contributed by atoms with Gasteiger partial charge in [0.05, 0.1) is 18.8 Å². The van der Waals surface area contributed by atoms with E-state index >= 15 is 0 Å². The van der Waals surface area contributed by atoms with Crippen molar-refractivity contribution in [3.63, 3.8) is 0 Å². The summed E-state index contributed by atoms with van der Waals surface area (Å²) in [6, 6.07) is 25.6. The van der Waals surface area contributed by atoms with Gasteiger partial charge in [-0.2, -0.15) is 0 Å². The highest BCUT2D eigenvalue weighted by atomic mass is 16.5. The number of nitrogens with one attached hydrogen (secondary N) is 1. The fourth-order valence-corrected chi connectivity index (χ4v) is 4.48. The van der Waals surface area contributed by atoms with Crippen molar-refractivity contribution in [3.05, 3.63) is 102 Å². The van der Waals surface area contributed by atoms with Crippen molar-refractivity contribution < 1.29 is 4.74 Å². The third kappa shape index (κ3) is 3.44. The first-order valence-electron chi connectivity index (χ1n) is 10.1. The first kappa shape index (κ1) is 17.7. The summed E-state index contributed by atoms with van der Waals surface area (Å²) in [6.45, 7) is 0. The zero-order valence-electron chi connectivity index (χ0n) is 16.5. The molecule has 0 unspecified atom stereocenters. The summed E-state index contributed by atoms with van der Waals surface area (Å²) in [6.07, 6.45) is 7.72. The zero-order valence-corrected chi connectivity index (χ0v) is 16.5. The van der Waals surface area contributed by atoms with E-state index in [9.17, 15) is 0 Å². The molecule has 1 heterocycles. The molecule has 3 nitrogen and oxygen atoms in total. The van der Waals surface area contributed by atoms with E-state index in [4.69, 9.17) is 4.74 Å². The molecule has 3 heteroatoms. The van der Waals surface area contributed by atoms with Crippen molar-refractivity contribution in [1.82, 2.24) is 0 Å². The Hall–Kier alpha value is -3.33. The van der Waals surface area contributed by atoms with Crippen LogP contribution in [0.25, 0.3) is 0 Å². The first-order chi connectivity index (χ1) is 14.3. The molecular formula is C26H24N2O. The van der Waals surface area contributed by atoms with Crippen molar-refractivity contribution in [1.29, 1.82) is 0 Å². The van der Waals surface area contributed by atoms with Crippen LogP contribution in [-0.2, 0) is 0 Å². The number of rotatable bonds is 4. The van der Waals surface area contributed by atoms with E-state index in [0.29, 0.717) is 17.9 Å². The van der Waals surface area contributed by atoms with Gasteiger partial charge in [0.25, 0.3) is 0 Å². The molecule has 3 aromatic rings. The van der Waals surface area contributed by atoms with E-state index in [1.54, 1.807) is 7.11 Å². The second kappa shape index (κ2) is 7.59. The predicted octanol–water partition coefficient (Wildman–Crippen LogP) is 6.27. The largest absolute Gasteiger partial charge is 0.497 e. The number of hydrogen-bond acceptors (Lipinski definition) is 3. The number of hydrogen-bond donors (Lipinski definition) is 1. The van der Waals surface area contributed by atoms with Crippen molar-refractivity contribution >= 4 is 17.6 Å². The summed E-state index contributed by atoms with van der Waals surface area (Å²) in [4.78, 5) is 4.62. The van der Waals surface area contributed by atoms with Crippen LogP contribution in [0.1, 0.15) is 35.1 Å². The molecule has 0 bridgehead atoms. The van der Waals surface area contributed by atoms with E-state index in [2.05, 4.69) is 71.0 Å². The van der Waals surface area contributed by atoms with E-state index < -0.39 is 0 Å². The highest BCUT2D eigenvalue weighted by Crippen LogP contribution is 2.49. The standard InChI is InChI=1S/C26H24N2O/c1-29-21-15-9-18(10-16-21)17-27-20-13-11-19(12-14-20)26-24-7-4-6-22(24)23-5-2-3-8-25(23)28-26/h2-6,8-17,22,24,26,28H,7H2,1H3/t22-,24+,26+/m1/s1. The van der Waals surface area contributed by atoms with Crippen LogP contribution in [0.4, 0.5) is 11.4 Å². The smallest absolute Gasteiger partial charge is 0.118 e. The minimum Gasteiger partial charge on any atom is -0.497 e. The highest BCUT2D eigenvalue weighted by Gasteiger charge is 2.37. The Balaban J connectivity index is 1.35. The number of aliphatic imine (C=N–C) groups is 1. The van der Waals surface area contributed by atoms with Crippen LogP contribution in [0.2, 0.25) is 0 Å². The van der Waals surface area contributed by atoms with Gasteiger partial charge in [0.2, 0.25) is 0 Å². The molecule has 29 heavy (non-hydrogen) atoms. The van der Waals surface area contributed by atoms with Gasteiger partial charge >= 0.3 is 0 Å². The van der Waals surface area contributed by atoms with Crippen molar-refractivity contribution in [2.75, 3.05) is 12.4 Å². The van der Waals surface area contributed by atoms with Crippen molar-refractivity contribution in [2.24, 2.45) is 10.9 Å². The Morgan fingerprint density at radius 1 is 0.966 bits per heavy atom. The minimum absolute atomic E-state index is 0.324. The van der Waals surface area contributed by atoms with Gasteiger partial charge in [-0.25, -0.2) is 0 Å². The monoisotopic (exact) mass is 380 g/mol. The summed E-state index contributed by atoms with van der Waals surface area (Å²) < 4.78 is 5.20. The van der Waals surface area contributed by atoms with Gasteiger partial charge in [0.1, 0.15) is 5.75 Å². The van der Waals surface area contributed by atoms with Gasteiger partial charge < -0.3 is 10.1 Å². The lowest BCUT2D eigenvalue weighted by molar-refractivity contribution is 0.415. The average molecular weight is 380 g/mol. The Bertz CT molecular complexity index is 1050. The maximum atomic E-state index is 5.20. The summed E-state index contributed by atoms with van der Waals surface area (Å²) in [5.74, 6) is 1.93. The minimum atomic E-state index is 0.324. The summed E-state index contributed by atoms with van der Waals surface area (Å²) in [7, 11) is 1.67. The van der Waals surface area contributed by atoms with Gasteiger partial charge in [0, 0.05) is 17.8 Å². The van der Waals surface area contributed by atoms with E-state index in [-0.39, 0.29) is 0 Å². The van der Waals surface area contributed by atoms with Gasteiger partial charge in [-0.1, -0.05) is 42.5 Å². The molecule has 0 saturated heterocycles. The lowest BCUT2D eigenvalue weighted by Gasteiger charge is -2.37. The highest BCUT2D eigenvalue weighted by molar-refractivity contribution is 5.82. The molecule has 0 fully saturated rings. The van der Waals surface area contributed by atoms with E-state index in [1.165, 1.54) is 16.8 Å². The number of fused-ring (bicyclic) bond motifs is 3. The number of benzene rings is 3. The Kier molecular flexibility index (Phi) is 4.65. The Morgan fingerprint density at radius 3 is 2.55 bits per heavy atom. The molecule has 1 aliphatic carbocycles. The lowest BCUT2D eigenvalue weighted by Crippen LogP contribution is -2.28. The molecular weight excluding hydrogens is 356 g/mol. The van der Waals surface area contributed by atoms with E-state index in [1.807, 2.05) is 30.5 Å². The molecule has 0 radical (unpaired) electrons. The third-order valence-corrected chi connectivity index (χ3v) is 6.00. The molecule has 3 atom stereocenters. The molecule has 0 spiro atoms. The fraction of sp³-hybridized carbons (Fsp3) is 0.192. The fourth-order valence-electron chi connectivity index (χ4n) is 4.48. The van der Waals surface area contributed by atoms with Crippen LogP contribution in [0.5, 0.6) is 5.75 Å². The second-order valence-electron chi connectivity index (χ2n) is 7.69. The Morgan fingerprint density at radius 2 is 1.76 bits per heavy atom. The predicted molar refractivity (Wildman–Crippen MR) is 119 cm³/mol. The average Bonchev–Trinajstić information content (AvgIpc) is 3.28. The third-order valence-electron chi connectivity index (χ3n) is 6.00. The maximum absolute atomic E-state index is 5.20. The zero-order chi connectivity index (χ0) is 19.6. The summed E-state index contributed by atoms with van der Waals surface area (Å²) in [5, 5.41) is 3.78. The Labute approximate surface area is 171 Å². The molecule has 0 aromatic heterocycles. The van der Waals surface area contributed by atoms with E-state index in [0.717, 1.165) is 23.4 Å². The van der Waals surface area contributed by atoms with Crippen LogP contribution in [0.15, 0.2) is 89.9 Å². The lowest BCUT2D eigenvalue weighted by atomic mass is 9.77. The van der Waals surface area contributed by atoms with Crippen molar-refractivity contribution in [2.45, 2.75) is 18.4 Å². The number of methoxy groups -OCH3 is 1. The van der Waals surface area contributed by atoms with Crippen LogP contribution in [-0.4, -0.2) is 13.3 Å². The topological polar surface area (TPSA) is 33.6 Å².